The third-order valence-corrected chi connectivity index (χ3v) is 3.95. The Hall–Kier alpha value is -1.62. The maximum atomic E-state index is 10.5. The van der Waals surface area contributed by atoms with Crippen molar-refractivity contribution in [3.63, 3.8) is 0 Å². The van der Waals surface area contributed by atoms with Gasteiger partial charge in [-0.3, -0.25) is 4.79 Å². The number of carbonyl (C=O) groups is 1. The predicted molar refractivity (Wildman–Crippen MR) is 83.5 cm³/mol. The molecular formula is C16H25N3O2. The van der Waals surface area contributed by atoms with E-state index < -0.39 is 5.97 Å². The molecule has 1 atom stereocenters. The van der Waals surface area contributed by atoms with Crippen LogP contribution in [0.15, 0.2) is 18.2 Å². The number of nitrogens with one attached hydrogen (secondary N) is 1. The molecule has 2 N–H and O–H groups in total. The van der Waals surface area contributed by atoms with Crippen molar-refractivity contribution in [3.8, 4) is 0 Å². The molecule has 5 nitrogen and oxygen atoms in total. The Bertz CT molecular complexity index is 465. The van der Waals surface area contributed by atoms with E-state index in [1.165, 1.54) is 6.42 Å². The summed E-state index contributed by atoms with van der Waals surface area (Å²) in [7, 11) is 0. The monoisotopic (exact) mass is 291 g/mol. The van der Waals surface area contributed by atoms with Gasteiger partial charge in [0.05, 0.1) is 0 Å². The Morgan fingerprint density at radius 2 is 2.33 bits per heavy atom. The molecule has 0 bridgehead atoms. The van der Waals surface area contributed by atoms with Crippen LogP contribution in [-0.2, 0) is 4.79 Å². The number of unbranched alkanes of at least 4 members (excludes halogenated alkanes) is 1. The van der Waals surface area contributed by atoms with Gasteiger partial charge in [-0.1, -0.05) is 6.07 Å². The van der Waals surface area contributed by atoms with Gasteiger partial charge in [-0.05, 0) is 57.3 Å². The smallest absolute Gasteiger partial charge is 0.303 e. The summed E-state index contributed by atoms with van der Waals surface area (Å²) in [6.07, 6.45) is 3.25. The fourth-order valence-electron chi connectivity index (χ4n) is 2.78. The summed E-state index contributed by atoms with van der Waals surface area (Å²) in [5, 5.41) is 12.0. The lowest BCUT2D eigenvalue weighted by molar-refractivity contribution is -0.137. The number of pyridine rings is 1. The predicted octanol–water partition coefficient (Wildman–Crippen LogP) is 2.38. The second kappa shape index (κ2) is 7.98. The van der Waals surface area contributed by atoms with E-state index in [0.29, 0.717) is 5.92 Å². The third kappa shape index (κ3) is 5.71. The van der Waals surface area contributed by atoms with Gasteiger partial charge >= 0.3 is 5.97 Å². The molecule has 0 aliphatic carbocycles. The highest BCUT2D eigenvalue weighted by Gasteiger charge is 2.21. The summed E-state index contributed by atoms with van der Waals surface area (Å²) < 4.78 is 0. The average Bonchev–Trinajstić information content (AvgIpc) is 2.89. The summed E-state index contributed by atoms with van der Waals surface area (Å²) in [5.74, 6) is 0.922. The zero-order valence-corrected chi connectivity index (χ0v) is 12.7. The van der Waals surface area contributed by atoms with Crippen LogP contribution in [0.3, 0.4) is 0 Å². The van der Waals surface area contributed by atoms with Crippen LogP contribution in [0.5, 0.6) is 0 Å². The molecule has 2 heterocycles. The molecule has 1 fully saturated rings. The molecular weight excluding hydrogens is 266 g/mol. The first kappa shape index (κ1) is 15.8. The lowest BCUT2D eigenvalue weighted by atomic mass is 10.1. The van der Waals surface area contributed by atoms with Crippen molar-refractivity contribution in [1.82, 2.24) is 9.88 Å². The lowest BCUT2D eigenvalue weighted by Crippen LogP contribution is -2.24. The number of hydrogen-bond donors (Lipinski definition) is 2. The molecule has 0 radical (unpaired) electrons. The largest absolute Gasteiger partial charge is 0.481 e. The molecule has 21 heavy (non-hydrogen) atoms. The minimum absolute atomic E-state index is 0.290. The van der Waals surface area contributed by atoms with Crippen LogP contribution in [0.25, 0.3) is 0 Å². The molecule has 0 spiro atoms. The number of aliphatic carboxylic acids is 1. The Labute approximate surface area is 126 Å². The van der Waals surface area contributed by atoms with E-state index in [-0.39, 0.29) is 6.42 Å². The first-order chi connectivity index (χ1) is 10.1. The van der Waals surface area contributed by atoms with Crippen LogP contribution in [0.4, 0.5) is 5.82 Å². The van der Waals surface area contributed by atoms with Crippen molar-refractivity contribution in [3.05, 3.63) is 23.9 Å². The second-order valence-corrected chi connectivity index (χ2v) is 5.85. The van der Waals surface area contributed by atoms with E-state index in [1.54, 1.807) is 0 Å². The van der Waals surface area contributed by atoms with Crippen LogP contribution in [-0.4, -0.2) is 47.1 Å². The van der Waals surface area contributed by atoms with Gasteiger partial charge in [-0.15, -0.1) is 0 Å². The van der Waals surface area contributed by atoms with E-state index >= 15 is 0 Å². The molecule has 0 amide bonds. The maximum Gasteiger partial charge on any atom is 0.303 e. The molecule has 1 aromatic heterocycles. The molecule has 1 saturated heterocycles. The first-order valence-corrected chi connectivity index (χ1v) is 7.75. The number of carboxylic acid groups (broad SMARTS) is 1. The number of aromatic nitrogens is 1. The van der Waals surface area contributed by atoms with Crippen LogP contribution < -0.4 is 5.32 Å². The summed E-state index contributed by atoms with van der Waals surface area (Å²) in [5.41, 5.74) is 1.03. The van der Waals surface area contributed by atoms with Crippen LogP contribution in [0.1, 0.15) is 31.4 Å². The van der Waals surface area contributed by atoms with Crippen LogP contribution in [0.2, 0.25) is 0 Å². The number of anilines is 1. The first-order valence-electron chi connectivity index (χ1n) is 7.75. The average molecular weight is 291 g/mol. The maximum absolute atomic E-state index is 10.5. The quantitative estimate of drug-likeness (QED) is 0.720. The SMILES string of the molecule is Cc1cccc(NCC2CCN(CCCCC(=O)O)C2)n1. The van der Waals surface area contributed by atoms with Crippen molar-refractivity contribution < 1.29 is 9.90 Å². The summed E-state index contributed by atoms with van der Waals surface area (Å²) in [4.78, 5) is 17.4. The standard InChI is InChI=1S/C16H25N3O2/c1-13-5-4-6-15(18-13)17-11-14-8-10-19(12-14)9-3-2-7-16(20)21/h4-6,14H,2-3,7-12H2,1H3,(H,17,18)(H,20,21). The molecule has 1 unspecified atom stereocenters. The Balaban J connectivity index is 1.62. The van der Waals surface area contributed by atoms with E-state index in [2.05, 4.69) is 15.2 Å². The fraction of sp³-hybridized carbons (Fsp3) is 0.625. The summed E-state index contributed by atoms with van der Waals surface area (Å²) in [6.45, 7) is 6.21. The highest BCUT2D eigenvalue weighted by atomic mass is 16.4. The number of carboxylic acids is 1. The highest BCUT2D eigenvalue weighted by Crippen LogP contribution is 2.17. The third-order valence-electron chi connectivity index (χ3n) is 3.95. The van der Waals surface area contributed by atoms with Gasteiger partial charge in [0.1, 0.15) is 5.82 Å². The molecule has 1 aliphatic heterocycles. The minimum atomic E-state index is -0.691. The number of hydrogen-bond acceptors (Lipinski definition) is 4. The lowest BCUT2D eigenvalue weighted by Gasteiger charge is -2.16. The van der Waals surface area contributed by atoms with E-state index in [1.807, 2.05) is 25.1 Å². The fourth-order valence-corrected chi connectivity index (χ4v) is 2.78. The second-order valence-electron chi connectivity index (χ2n) is 5.85. The van der Waals surface area contributed by atoms with Gasteiger partial charge in [0.15, 0.2) is 0 Å². The number of aryl methyl sites for hydroxylation is 1. The topological polar surface area (TPSA) is 65.5 Å². The van der Waals surface area contributed by atoms with Crippen LogP contribution >= 0.6 is 0 Å². The van der Waals surface area contributed by atoms with Gasteiger partial charge < -0.3 is 15.3 Å². The highest BCUT2D eigenvalue weighted by molar-refractivity contribution is 5.66. The molecule has 1 aliphatic rings. The molecule has 5 heteroatoms. The summed E-state index contributed by atoms with van der Waals surface area (Å²) in [6, 6.07) is 6.03. The zero-order valence-electron chi connectivity index (χ0n) is 12.7. The molecule has 0 saturated carbocycles. The minimum Gasteiger partial charge on any atom is -0.481 e. The van der Waals surface area contributed by atoms with Crippen molar-refractivity contribution in [2.45, 2.75) is 32.6 Å². The van der Waals surface area contributed by atoms with Gasteiger partial charge in [-0.25, -0.2) is 4.98 Å². The Kier molecular flexibility index (Phi) is 5.99. The van der Waals surface area contributed by atoms with Crippen LogP contribution in [0, 0.1) is 12.8 Å². The van der Waals surface area contributed by atoms with Crippen molar-refractivity contribution in [1.29, 1.82) is 0 Å². The summed E-state index contributed by atoms with van der Waals surface area (Å²) >= 11 is 0. The van der Waals surface area contributed by atoms with Gasteiger partial charge in [-0.2, -0.15) is 0 Å². The van der Waals surface area contributed by atoms with E-state index in [4.69, 9.17) is 5.11 Å². The van der Waals surface area contributed by atoms with E-state index in [0.717, 1.165) is 50.5 Å². The normalized spacial score (nSPS) is 18.8. The van der Waals surface area contributed by atoms with Crippen molar-refractivity contribution in [2.24, 2.45) is 5.92 Å². The number of likely N-dealkylation sites (tertiary alicyclic amines) is 1. The van der Waals surface area contributed by atoms with Gasteiger partial charge in [0.25, 0.3) is 0 Å². The molecule has 2 rings (SSSR count). The molecule has 0 aromatic carbocycles. The Morgan fingerprint density at radius 1 is 1.48 bits per heavy atom. The molecule has 116 valence electrons. The Morgan fingerprint density at radius 3 is 3.10 bits per heavy atom. The van der Waals surface area contributed by atoms with E-state index in [9.17, 15) is 4.79 Å². The number of nitrogens with zero attached hydrogens (tertiary/aromatic N) is 2. The molecule has 1 aromatic rings. The van der Waals surface area contributed by atoms with Crippen molar-refractivity contribution >= 4 is 11.8 Å². The number of rotatable bonds is 8. The zero-order chi connectivity index (χ0) is 15.1. The van der Waals surface area contributed by atoms with Crippen molar-refractivity contribution in [2.75, 3.05) is 31.5 Å². The van der Waals surface area contributed by atoms with Gasteiger partial charge in [0.2, 0.25) is 0 Å². The van der Waals surface area contributed by atoms with Gasteiger partial charge in [0, 0.05) is 25.2 Å².